The molecule has 0 fully saturated rings. The van der Waals surface area contributed by atoms with Crippen molar-refractivity contribution in [1.29, 1.82) is 0 Å². The predicted octanol–water partition coefficient (Wildman–Crippen LogP) is 3.76. The molecule has 132 valence electrons. The van der Waals surface area contributed by atoms with Crippen molar-refractivity contribution in [1.82, 2.24) is 15.5 Å². The molecular weight excluding hydrogens is 306 g/mol. The smallest absolute Gasteiger partial charge is 0.226 e. The summed E-state index contributed by atoms with van der Waals surface area (Å²) < 4.78 is 10.9. The number of aryl methyl sites for hydroxylation is 3. The Hall–Kier alpha value is -2.11. The van der Waals surface area contributed by atoms with Crippen molar-refractivity contribution in [3.05, 3.63) is 35.4 Å². The fraction of sp³-hybridized carbons (Fsp3) is 0.611. The zero-order valence-corrected chi connectivity index (χ0v) is 15.2. The van der Waals surface area contributed by atoms with E-state index in [4.69, 9.17) is 8.94 Å². The lowest BCUT2D eigenvalue weighted by molar-refractivity contribution is -0.122. The van der Waals surface area contributed by atoms with Gasteiger partial charge in [-0.3, -0.25) is 4.79 Å². The Bertz CT molecular complexity index is 667. The van der Waals surface area contributed by atoms with E-state index in [2.05, 4.69) is 36.2 Å². The minimum atomic E-state index is -0.157. The third-order valence-corrected chi connectivity index (χ3v) is 3.85. The average Bonchev–Trinajstić information content (AvgIpc) is 3.12. The van der Waals surface area contributed by atoms with Gasteiger partial charge in [0.2, 0.25) is 11.8 Å². The molecule has 0 bridgehead atoms. The number of furan rings is 1. The maximum atomic E-state index is 12.3. The Morgan fingerprint density at radius 2 is 2.08 bits per heavy atom. The van der Waals surface area contributed by atoms with Crippen LogP contribution in [0.4, 0.5) is 0 Å². The Morgan fingerprint density at radius 3 is 2.62 bits per heavy atom. The van der Waals surface area contributed by atoms with Gasteiger partial charge in [0.05, 0.1) is 6.04 Å². The van der Waals surface area contributed by atoms with Crippen LogP contribution < -0.4 is 5.32 Å². The van der Waals surface area contributed by atoms with E-state index >= 15 is 0 Å². The van der Waals surface area contributed by atoms with Gasteiger partial charge in [-0.1, -0.05) is 32.9 Å². The van der Waals surface area contributed by atoms with Gasteiger partial charge in [0, 0.05) is 19.3 Å². The lowest BCUT2D eigenvalue weighted by atomic mass is 9.85. The summed E-state index contributed by atoms with van der Waals surface area (Å²) in [7, 11) is 0. The van der Waals surface area contributed by atoms with Crippen LogP contribution in [0, 0.1) is 12.3 Å². The van der Waals surface area contributed by atoms with Crippen molar-refractivity contribution >= 4 is 5.91 Å². The molecule has 1 N–H and O–H groups in total. The first-order chi connectivity index (χ1) is 11.3. The highest BCUT2D eigenvalue weighted by atomic mass is 16.5. The Labute approximate surface area is 143 Å². The molecule has 0 aromatic carbocycles. The zero-order chi connectivity index (χ0) is 17.7. The standard InChI is InChI=1S/C18H27N3O3/c1-6-13-10-11-14(23-13)17(18(3,4)5)20-15(22)8-7-9-16-19-12(2)21-24-16/h10-11,17H,6-9H2,1-5H3,(H,20,22)/t17-/m0/s1. The number of carbonyl (C=O) groups is 1. The summed E-state index contributed by atoms with van der Waals surface area (Å²) in [5, 5.41) is 6.85. The molecule has 6 nitrogen and oxygen atoms in total. The Kier molecular flexibility index (Phi) is 5.80. The third-order valence-electron chi connectivity index (χ3n) is 3.85. The van der Waals surface area contributed by atoms with Crippen LogP contribution >= 0.6 is 0 Å². The van der Waals surface area contributed by atoms with Crippen LogP contribution in [0.3, 0.4) is 0 Å². The van der Waals surface area contributed by atoms with Crippen LogP contribution in [0.5, 0.6) is 0 Å². The van der Waals surface area contributed by atoms with E-state index in [9.17, 15) is 4.79 Å². The molecule has 0 saturated carbocycles. The van der Waals surface area contributed by atoms with Gasteiger partial charge < -0.3 is 14.3 Å². The zero-order valence-electron chi connectivity index (χ0n) is 15.2. The third kappa shape index (κ3) is 4.94. The topological polar surface area (TPSA) is 81.2 Å². The van der Waals surface area contributed by atoms with Crippen molar-refractivity contribution in [2.24, 2.45) is 5.41 Å². The number of carbonyl (C=O) groups excluding carboxylic acids is 1. The van der Waals surface area contributed by atoms with Gasteiger partial charge in [0.15, 0.2) is 5.82 Å². The minimum absolute atomic E-state index is 0.000565. The maximum absolute atomic E-state index is 12.3. The average molecular weight is 333 g/mol. The minimum Gasteiger partial charge on any atom is -0.464 e. The molecule has 2 heterocycles. The molecule has 0 unspecified atom stereocenters. The van der Waals surface area contributed by atoms with Gasteiger partial charge in [0.1, 0.15) is 11.5 Å². The van der Waals surface area contributed by atoms with E-state index in [1.807, 2.05) is 19.1 Å². The predicted molar refractivity (Wildman–Crippen MR) is 90.4 cm³/mol. The monoisotopic (exact) mass is 333 g/mol. The molecule has 6 heteroatoms. The molecule has 2 aromatic heterocycles. The van der Waals surface area contributed by atoms with Crippen molar-refractivity contribution in [3.8, 4) is 0 Å². The fourth-order valence-corrected chi connectivity index (χ4v) is 2.53. The van der Waals surface area contributed by atoms with Crippen molar-refractivity contribution in [3.63, 3.8) is 0 Å². The second-order valence-corrected chi connectivity index (χ2v) is 7.11. The van der Waals surface area contributed by atoms with Gasteiger partial charge in [0.25, 0.3) is 0 Å². The van der Waals surface area contributed by atoms with Crippen LogP contribution in [-0.2, 0) is 17.6 Å². The number of aromatic nitrogens is 2. The summed E-state index contributed by atoms with van der Waals surface area (Å²) in [6, 6.07) is 3.77. The second kappa shape index (κ2) is 7.64. The SMILES string of the molecule is CCc1ccc([C@H](NC(=O)CCCc2nc(C)no2)C(C)(C)C)o1. The molecule has 24 heavy (non-hydrogen) atoms. The van der Waals surface area contributed by atoms with E-state index in [0.717, 1.165) is 17.9 Å². The van der Waals surface area contributed by atoms with Crippen LogP contribution in [0.25, 0.3) is 0 Å². The molecule has 0 aliphatic heterocycles. The first-order valence-corrected chi connectivity index (χ1v) is 8.46. The molecule has 0 radical (unpaired) electrons. The molecule has 0 saturated heterocycles. The lowest BCUT2D eigenvalue weighted by Crippen LogP contribution is -2.36. The quantitative estimate of drug-likeness (QED) is 0.834. The molecule has 0 aliphatic rings. The van der Waals surface area contributed by atoms with Gasteiger partial charge in [-0.2, -0.15) is 4.98 Å². The Morgan fingerprint density at radius 1 is 1.33 bits per heavy atom. The van der Waals surface area contributed by atoms with Crippen LogP contribution in [0.2, 0.25) is 0 Å². The highest BCUT2D eigenvalue weighted by Crippen LogP contribution is 2.34. The van der Waals surface area contributed by atoms with Crippen molar-refractivity contribution < 1.29 is 13.7 Å². The normalized spacial score (nSPS) is 13.0. The largest absolute Gasteiger partial charge is 0.464 e. The van der Waals surface area contributed by atoms with Gasteiger partial charge >= 0.3 is 0 Å². The molecule has 0 aliphatic carbocycles. The van der Waals surface area contributed by atoms with Crippen LogP contribution in [-0.4, -0.2) is 16.0 Å². The van der Waals surface area contributed by atoms with Gasteiger partial charge in [-0.15, -0.1) is 0 Å². The van der Waals surface area contributed by atoms with E-state index in [-0.39, 0.29) is 17.4 Å². The van der Waals surface area contributed by atoms with Gasteiger partial charge in [-0.25, -0.2) is 0 Å². The molecule has 1 amide bonds. The second-order valence-electron chi connectivity index (χ2n) is 7.11. The summed E-state index contributed by atoms with van der Waals surface area (Å²) in [6.45, 7) is 10.1. The molecule has 1 atom stereocenters. The fourth-order valence-electron chi connectivity index (χ4n) is 2.53. The number of hydrogen-bond donors (Lipinski definition) is 1. The number of hydrogen-bond acceptors (Lipinski definition) is 5. The van der Waals surface area contributed by atoms with E-state index < -0.39 is 0 Å². The molecule has 2 rings (SSSR count). The van der Waals surface area contributed by atoms with E-state index in [0.29, 0.717) is 31.0 Å². The summed E-state index contributed by atoms with van der Waals surface area (Å²) in [4.78, 5) is 16.5. The molecule has 2 aromatic rings. The van der Waals surface area contributed by atoms with Gasteiger partial charge in [-0.05, 0) is 30.9 Å². The molecular formula is C18H27N3O3. The first kappa shape index (κ1) is 18.2. The summed E-state index contributed by atoms with van der Waals surface area (Å²) in [5.41, 5.74) is -0.137. The van der Waals surface area contributed by atoms with E-state index in [1.54, 1.807) is 6.92 Å². The highest BCUT2D eigenvalue weighted by Gasteiger charge is 2.30. The Balaban J connectivity index is 1.92. The van der Waals surface area contributed by atoms with Crippen LogP contribution in [0.15, 0.2) is 21.1 Å². The number of rotatable bonds is 7. The van der Waals surface area contributed by atoms with Crippen molar-refractivity contribution in [2.75, 3.05) is 0 Å². The number of nitrogens with one attached hydrogen (secondary N) is 1. The lowest BCUT2D eigenvalue weighted by Gasteiger charge is -2.30. The number of amides is 1. The first-order valence-electron chi connectivity index (χ1n) is 8.46. The summed E-state index contributed by atoms with van der Waals surface area (Å²) >= 11 is 0. The van der Waals surface area contributed by atoms with Crippen LogP contribution in [0.1, 0.15) is 69.8 Å². The summed E-state index contributed by atoms with van der Waals surface area (Å²) in [5.74, 6) is 2.93. The maximum Gasteiger partial charge on any atom is 0.226 e. The summed E-state index contributed by atoms with van der Waals surface area (Å²) in [6.07, 6.45) is 2.53. The number of nitrogens with zero attached hydrogens (tertiary/aromatic N) is 2. The van der Waals surface area contributed by atoms with E-state index in [1.165, 1.54) is 0 Å². The molecule has 0 spiro atoms. The highest BCUT2D eigenvalue weighted by molar-refractivity contribution is 5.76. The van der Waals surface area contributed by atoms with Crippen molar-refractivity contribution in [2.45, 2.75) is 66.3 Å².